The molecule has 10 heteroatoms. The number of aromatic nitrogens is 4. The highest BCUT2D eigenvalue weighted by Crippen LogP contribution is 2.23. The molecule has 31 heavy (non-hydrogen) atoms. The molecule has 1 atom stereocenters. The molecule has 1 saturated heterocycles. The van der Waals surface area contributed by atoms with Crippen molar-refractivity contribution in [3.05, 3.63) is 66.5 Å². The van der Waals surface area contributed by atoms with Crippen LogP contribution in [0.2, 0.25) is 0 Å². The number of hydrogen-bond acceptors (Lipinski definition) is 6. The van der Waals surface area contributed by atoms with Crippen LogP contribution in [-0.2, 0) is 16.0 Å². The topological polar surface area (TPSA) is 122 Å². The Balaban J connectivity index is 1.35. The summed E-state index contributed by atoms with van der Waals surface area (Å²) in [5.74, 6) is -0.872. The van der Waals surface area contributed by atoms with E-state index in [-0.39, 0.29) is 6.54 Å². The molecule has 2 heterocycles. The number of benzene rings is 2. The van der Waals surface area contributed by atoms with E-state index in [4.69, 9.17) is 0 Å². The van der Waals surface area contributed by atoms with E-state index in [1.807, 2.05) is 30.3 Å². The van der Waals surface area contributed by atoms with Crippen LogP contribution >= 0.6 is 0 Å². The fourth-order valence-corrected chi connectivity index (χ4v) is 3.42. The third-order valence-corrected chi connectivity index (χ3v) is 5.17. The van der Waals surface area contributed by atoms with E-state index in [9.17, 15) is 14.4 Å². The molecular formula is C21H21N7O3. The van der Waals surface area contributed by atoms with Crippen LogP contribution in [0.25, 0.3) is 5.69 Å². The number of carbonyl (C=O) groups excluding carboxylic acids is 3. The van der Waals surface area contributed by atoms with Gasteiger partial charge >= 0.3 is 6.03 Å². The van der Waals surface area contributed by atoms with Crippen molar-refractivity contribution in [3.8, 4) is 5.69 Å². The lowest BCUT2D eigenvalue weighted by Gasteiger charge is -2.21. The van der Waals surface area contributed by atoms with E-state index in [2.05, 4.69) is 26.2 Å². The Morgan fingerprint density at radius 3 is 2.52 bits per heavy atom. The standard InChI is InChI=1S/C21H21N7O3/c1-21(12-11-15-5-3-2-4-6-15)19(30)27(20(31)24-21)13-18(29)23-16-7-9-17(10-8-16)28-14-22-25-26-28/h2-10,14H,11-13H2,1H3,(H,23,29)(H,24,31)/t21-/m0/s1. The largest absolute Gasteiger partial charge is 0.325 e. The molecule has 158 valence electrons. The Hall–Kier alpha value is -4.08. The number of urea groups is 1. The average molecular weight is 419 g/mol. The maximum Gasteiger partial charge on any atom is 0.325 e. The van der Waals surface area contributed by atoms with Gasteiger partial charge in [0, 0.05) is 5.69 Å². The number of amides is 4. The summed E-state index contributed by atoms with van der Waals surface area (Å²) in [4.78, 5) is 38.6. The number of hydrogen-bond donors (Lipinski definition) is 2. The molecule has 1 aromatic heterocycles. The summed E-state index contributed by atoms with van der Waals surface area (Å²) >= 11 is 0. The first-order chi connectivity index (χ1) is 14.9. The second-order valence-electron chi connectivity index (χ2n) is 7.49. The molecule has 10 nitrogen and oxygen atoms in total. The molecule has 4 amide bonds. The van der Waals surface area contributed by atoms with Crippen molar-refractivity contribution >= 4 is 23.5 Å². The number of anilines is 1. The average Bonchev–Trinajstić information content (AvgIpc) is 3.38. The minimum absolute atomic E-state index is 0.361. The fourth-order valence-electron chi connectivity index (χ4n) is 3.42. The Morgan fingerprint density at radius 1 is 1.10 bits per heavy atom. The van der Waals surface area contributed by atoms with E-state index < -0.39 is 23.4 Å². The van der Waals surface area contributed by atoms with E-state index >= 15 is 0 Å². The van der Waals surface area contributed by atoms with Gasteiger partial charge in [0.05, 0.1) is 5.69 Å². The molecule has 1 aliphatic heterocycles. The van der Waals surface area contributed by atoms with Crippen LogP contribution in [0.15, 0.2) is 60.9 Å². The van der Waals surface area contributed by atoms with Gasteiger partial charge in [0.1, 0.15) is 18.4 Å². The molecule has 2 N–H and O–H groups in total. The second kappa shape index (κ2) is 8.34. The van der Waals surface area contributed by atoms with Gasteiger partial charge in [0.15, 0.2) is 0 Å². The zero-order chi connectivity index (χ0) is 21.8. The van der Waals surface area contributed by atoms with Crippen LogP contribution in [0.1, 0.15) is 18.9 Å². The predicted octanol–water partition coefficient (Wildman–Crippen LogP) is 1.54. The van der Waals surface area contributed by atoms with Gasteiger partial charge in [-0.05, 0) is 60.0 Å². The van der Waals surface area contributed by atoms with Crippen molar-refractivity contribution < 1.29 is 14.4 Å². The molecule has 0 saturated carbocycles. The van der Waals surface area contributed by atoms with Crippen molar-refractivity contribution in [2.24, 2.45) is 0 Å². The lowest BCUT2D eigenvalue weighted by atomic mass is 9.93. The summed E-state index contributed by atoms with van der Waals surface area (Å²) < 4.78 is 1.48. The van der Waals surface area contributed by atoms with Crippen LogP contribution in [0, 0.1) is 0 Å². The maximum absolute atomic E-state index is 12.9. The Labute approximate surface area is 178 Å². The first-order valence-electron chi connectivity index (χ1n) is 9.76. The van der Waals surface area contributed by atoms with Gasteiger partial charge in [-0.1, -0.05) is 30.3 Å². The molecule has 4 rings (SSSR count). The van der Waals surface area contributed by atoms with E-state index in [0.29, 0.717) is 18.5 Å². The zero-order valence-electron chi connectivity index (χ0n) is 16.9. The van der Waals surface area contributed by atoms with Crippen LogP contribution in [0.3, 0.4) is 0 Å². The number of tetrazole rings is 1. The number of carbonyl (C=O) groups is 3. The summed E-state index contributed by atoms with van der Waals surface area (Å²) in [6.07, 6.45) is 2.54. The first-order valence-corrected chi connectivity index (χ1v) is 9.76. The van der Waals surface area contributed by atoms with Gasteiger partial charge in [0.25, 0.3) is 5.91 Å². The monoisotopic (exact) mass is 419 g/mol. The minimum atomic E-state index is -1.04. The summed E-state index contributed by atoms with van der Waals surface area (Å²) in [5.41, 5.74) is 1.29. The van der Waals surface area contributed by atoms with Crippen molar-refractivity contribution in [2.45, 2.75) is 25.3 Å². The summed E-state index contributed by atoms with van der Waals surface area (Å²) in [6.45, 7) is 1.33. The lowest BCUT2D eigenvalue weighted by Crippen LogP contribution is -2.45. The number of nitrogens with zero attached hydrogens (tertiary/aromatic N) is 5. The molecule has 2 aromatic carbocycles. The van der Waals surface area contributed by atoms with E-state index in [1.54, 1.807) is 31.2 Å². The first kappa shape index (κ1) is 20.2. The normalized spacial score (nSPS) is 18.2. The van der Waals surface area contributed by atoms with Gasteiger partial charge < -0.3 is 10.6 Å². The maximum atomic E-state index is 12.9. The number of aryl methyl sites for hydroxylation is 1. The van der Waals surface area contributed by atoms with Gasteiger partial charge in [-0.2, -0.15) is 0 Å². The molecule has 3 aromatic rings. The fraction of sp³-hybridized carbons (Fsp3) is 0.238. The molecule has 1 aliphatic rings. The Bertz CT molecular complexity index is 1080. The second-order valence-corrected chi connectivity index (χ2v) is 7.49. The van der Waals surface area contributed by atoms with Gasteiger partial charge in [-0.25, -0.2) is 9.48 Å². The number of rotatable bonds is 7. The van der Waals surface area contributed by atoms with Gasteiger partial charge in [0.2, 0.25) is 5.91 Å². The summed E-state index contributed by atoms with van der Waals surface area (Å²) in [6, 6.07) is 16.0. The minimum Gasteiger partial charge on any atom is -0.325 e. The number of nitrogens with one attached hydrogen (secondary N) is 2. The third kappa shape index (κ3) is 4.42. The molecule has 0 unspecified atom stereocenters. The number of imide groups is 1. The Morgan fingerprint density at radius 2 is 1.84 bits per heavy atom. The van der Waals surface area contributed by atoms with Crippen LogP contribution in [0.4, 0.5) is 10.5 Å². The molecule has 0 aliphatic carbocycles. The predicted molar refractivity (Wildman–Crippen MR) is 111 cm³/mol. The molecule has 0 bridgehead atoms. The zero-order valence-corrected chi connectivity index (χ0v) is 16.9. The van der Waals surface area contributed by atoms with Gasteiger partial charge in [-0.15, -0.1) is 5.10 Å². The quantitative estimate of drug-likeness (QED) is 0.560. The smallest absolute Gasteiger partial charge is 0.325 e. The Kier molecular flexibility index (Phi) is 5.44. The highest BCUT2D eigenvalue weighted by atomic mass is 16.2. The van der Waals surface area contributed by atoms with E-state index in [1.165, 1.54) is 11.0 Å². The molecule has 0 spiro atoms. The van der Waals surface area contributed by atoms with Crippen LogP contribution in [-0.4, -0.2) is 55.0 Å². The van der Waals surface area contributed by atoms with Crippen molar-refractivity contribution in [3.63, 3.8) is 0 Å². The highest BCUT2D eigenvalue weighted by Gasteiger charge is 2.47. The van der Waals surface area contributed by atoms with E-state index in [0.717, 1.165) is 16.2 Å². The molecule has 0 radical (unpaired) electrons. The summed E-state index contributed by atoms with van der Waals surface area (Å²) in [5, 5.41) is 16.4. The van der Waals surface area contributed by atoms with Crippen LogP contribution < -0.4 is 10.6 Å². The van der Waals surface area contributed by atoms with Crippen molar-refractivity contribution in [2.75, 3.05) is 11.9 Å². The van der Waals surface area contributed by atoms with Crippen LogP contribution in [0.5, 0.6) is 0 Å². The molecular weight excluding hydrogens is 398 g/mol. The van der Waals surface area contributed by atoms with Crippen molar-refractivity contribution in [1.29, 1.82) is 0 Å². The highest BCUT2D eigenvalue weighted by molar-refractivity contribution is 6.09. The SMILES string of the molecule is C[C@@]1(CCc2ccccc2)NC(=O)N(CC(=O)Nc2ccc(-n3cnnn3)cc2)C1=O. The third-order valence-electron chi connectivity index (χ3n) is 5.17. The van der Waals surface area contributed by atoms with Gasteiger partial charge in [-0.3, -0.25) is 14.5 Å². The lowest BCUT2D eigenvalue weighted by molar-refractivity contribution is -0.133. The molecule has 1 fully saturated rings. The summed E-state index contributed by atoms with van der Waals surface area (Å²) in [7, 11) is 0. The van der Waals surface area contributed by atoms with Crippen molar-refractivity contribution in [1.82, 2.24) is 30.4 Å².